The zero-order valence-corrected chi connectivity index (χ0v) is 12.1. The Morgan fingerprint density at radius 2 is 2.25 bits per heavy atom. The molecule has 0 fully saturated rings. The molecule has 0 unspecified atom stereocenters. The third kappa shape index (κ3) is 3.57. The molecule has 0 aliphatic rings. The number of hydrogen-bond donors (Lipinski definition) is 2. The van der Waals surface area contributed by atoms with Crippen molar-refractivity contribution in [3.8, 4) is 0 Å². The first-order valence-corrected chi connectivity index (χ1v) is 6.63. The molecule has 20 heavy (non-hydrogen) atoms. The molecule has 2 aromatic rings. The lowest BCUT2D eigenvalue weighted by atomic mass is 10.3. The number of rotatable bonds is 5. The van der Waals surface area contributed by atoms with Crippen molar-refractivity contribution in [3.05, 3.63) is 30.2 Å². The summed E-state index contributed by atoms with van der Waals surface area (Å²) in [6, 6.07) is 3.52. The molecule has 102 valence electrons. The Morgan fingerprint density at radius 3 is 2.80 bits per heavy atom. The van der Waals surface area contributed by atoms with Crippen LogP contribution in [0.5, 0.6) is 0 Å². The lowest BCUT2D eigenvalue weighted by Gasteiger charge is -2.13. The minimum Gasteiger partial charge on any atom is -0.451 e. The van der Waals surface area contributed by atoms with E-state index in [4.69, 9.17) is 4.42 Å². The molecule has 1 amide bonds. The number of amides is 1. The number of aromatic nitrogens is 2. The summed E-state index contributed by atoms with van der Waals surface area (Å²) >= 11 is 2.39. The molecule has 2 heterocycles. The second-order valence-corrected chi connectivity index (χ2v) is 4.62. The molecule has 2 rings (SSSR count). The van der Waals surface area contributed by atoms with Crippen molar-refractivity contribution in [2.45, 2.75) is 13.3 Å². The van der Waals surface area contributed by atoms with Gasteiger partial charge in [-0.2, -0.15) is 0 Å². The van der Waals surface area contributed by atoms with Gasteiger partial charge < -0.3 is 9.73 Å². The van der Waals surface area contributed by atoms with Crippen LogP contribution >= 0.6 is 0 Å². The van der Waals surface area contributed by atoms with Crippen LogP contribution in [0.25, 0.3) is 0 Å². The first-order chi connectivity index (χ1) is 9.60. The molecule has 2 N–H and O–H groups in total. The molecular weight excluding hydrogens is 275 g/mol. The molecular formula is C12H13AlN4O3. The molecule has 0 aromatic carbocycles. The van der Waals surface area contributed by atoms with E-state index in [-0.39, 0.29) is 12.2 Å². The fourth-order valence-electron chi connectivity index (χ4n) is 1.51. The zero-order valence-electron chi connectivity index (χ0n) is 10.9. The van der Waals surface area contributed by atoms with E-state index in [0.29, 0.717) is 27.8 Å². The number of hydrogen-bond acceptors (Lipinski definition) is 6. The van der Waals surface area contributed by atoms with E-state index in [1.807, 2.05) is 6.92 Å². The Labute approximate surface area is 124 Å². The lowest BCUT2D eigenvalue weighted by molar-refractivity contribution is -0.0582. The quantitative estimate of drug-likeness (QED) is 0.481. The number of carbonyl (C=O) groups is 1. The minimum atomic E-state index is -0.526. The Balaban J connectivity index is 2.04. The van der Waals surface area contributed by atoms with Crippen molar-refractivity contribution in [1.82, 2.24) is 15.0 Å². The summed E-state index contributed by atoms with van der Waals surface area (Å²) in [5, 5.41) is 13.0. The van der Waals surface area contributed by atoms with Crippen LogP contribution < -0.4 is 9.94 Å². The van der Waals surface area contributed by atoms with E-state index in [0.717, 1.165) is 0 Å². The first kappa shape index (κ1) is 14.5. The lowest BCUT2D eigenvalue weighted by Crippen LogP contribution is -2.28. The van der Waals surface area contributed by atoms with Crippen LogP contribution in [0.15, 0.2) is 28.9 Å². The smallest absolute Gasteiger partial charge is 0.297 e. The van der Waals surface area contributed by atoms with Crippen LogP contribution in [-0.4, -0.2) is 49.0 Å². The summed E-state index contributed by atoms with van der Waals surface area (Å²) < 4.78 is 5.85. The number of carbonyl (C=O) groups excluding carboxylic acids is 1. The third-order valence-corrected chi connectivity index (χ3v) is 2.69. The van der Waals surface area contributed by atoms with Crippen molar-refractivity contribution in [2.24, 2.45) is 0 Å². The van der Waals surface area contributed by atoms with Crippen molar-refractivity contribution < 1.29 is 14.4 Å². The summed E-state index contributed by atoms with van der Waals surface area (Å²) in [5.41, 5.74) is 0.805. The number of pyridine rings is 1. The number of anilines is 2. The summed E-state index contributed by atoms with van der Waals surface area (Å²) in [6.45, 7) is 2.14. The molecule has 2 aromatic heterocycles. The fourth-order valence-corrected chi connectivity index (χ4v) is 1.69. The molecule has 7 nitrogen and oxygen atoms in total. The van der Waals surface area contributed by atoms with Gasteiger partial charge in [-0.15, -0.1) is 0 Å². The van der Waals surface area contributed by atoms with Crippen molar-refractivity contribution in [1.29, 1.82) is 0 Å². The average molecular weight is 288 g/mol. The molecule has 0 atom stereocenters. The Morgan fingerprint density at radius 1 is 1.45 bits per heavy atom. The highest BCUT2D eigenvalue weighted by molar-refractivity contribution is 6.29. The molecule has 8 heteroatoms. The van der Waals surface area contributed by atoms with Crippen LogP contribution in [0.1, 0.15) is 23.8 Å². The maximum absolute atomic E-state index is 11.8. The van der Waals surface area contributed by atoms with Gasteiger partial charge in [0.2, 0.25) is 16.3 Å². The third-order valence-electron chi connectivity index (χ3n) is 2.43. The van der Waals surface area contributed by atoms with Gasteiger partial charge >= 0.3 is 0 Å². The average Bonchev–Trinajstić information content (AvgIpc) is 2.84. The van der Waals surface area contributed by atoms with Gasteiger partial charge in [-0.25, -0.2) is 15.0 Å². The predicted molar refractivity (Wildman–Crippen MR) is 72.5 cm³/mol. The van der Waals surface area contributed by atoms with Gasteiger partial charge in [0.25, 0.3) is 11.9 Å². The van der Waals surface area contributed by atoms with E-state index >= 15 is 0 Å². The Kier molecular flexibility index (Phi) is 4.74. The van der Waals surface area contributed by atoms with Crippen LogP contribution in [0.4, 0.5) is 11.7 Å². The molecule has 0 spiro atoms. The minimum absolute atomic E-state index is 0.172. The SMILES string of the molecule is CCCN(O)C(=O)c1ccc(Nc2nc[c]([Al])o2)cn1. The predicted octanol–water partition coefficient (Wildman–Crippen LogP) is 0.848. The summed E-state index contributed by atoms with van der Waals surface area (Å²) in [6.07, 6.45) is 3.70. The monoisotopic (exact) mass is 288 g/mol. The highest BCUT2D eigenvalue weighted by Gasteiger charge is 2.14. The van der Waals surface area contributed by atoms with Crippen molar-refractivity contribution in [3.63, 3.8) is 0 Å². The van der Waals surface area contributed by atoms with Gasteiger partial charge in [0, 0.05) is 17.4 Å². The van der Waals surface area contributed by atoms with Crippen molar-refractivity contribution in [2.75, 3.05) is 11.9 Å². The normalized spacial score (nSPS) is 10.3. The largest absolute Gasteiger partial charge is 0.451 e. The molecule has 0 saturated heterocycles. The topological polar surface area (TPSA) is 91.5 Å². The highest BCUT2D eigenvalue weighted by Crippen LogP contribution is 2.13. The number of oxazole rings is 1. The van der Waals surface area contributed by atoms with Crippen LogP contribution in [0.3, 0.4) is 0 Å². The summed E-state index contributed by atoms with van der Waals surface area (Å²) in [4.78, 5) is 19.7. The zero-order chi connectivity index (χ0) is 14.5. The standard InChI is InChI=1S/C12H13N4O3.Al/c1-2-6-16(18)11(17)10-4-3-9(8-14-10)15-12-13-5-7-19-12;/h3-5,8,18H,2,6H2,1H3,(H,13,15);. The number of nitrogens with zero attached hydrogens (tertiary/aromatic N) is 3. The van der Waals surface area contributed by atoms with Crippen LogP contribution in [0.2, 0.25) is 0 Å². The highest BCUT2D eigenvalue weighted by atomic mass is 27.0. The van der Waals surface area contributed by atoms with Crippen LogP contribution in [-0.2, 0) is 0 Å². The maximum atomic E-state index is 11.8. The van der Waals surface area contributed by atoms with E-state index in [9.17, 15) is 10.0 Å². The van der Waals surface area contributed by atoms with Gasteiger partial charge in [-0.3, -0.25) is 10.0 Å². The maximum Gasteiger partial charge on any atom is 0.297 e. The van der Waals surface area contributed by atoms with E-state index < -0.39 is 5.91 Å². The fraction of sp³-hybridized carbons (Fsp3) is 0.250. The Hall–Kier alpha value is -1.88. The van der Waals surface area contributed by atoms with Gasteiger partial charge in [0.15, 0.2) is 0 Å². The second kappa shape index (κ2) is 6.52. The molecule has 0 aliphatic heterocycles. The van der Waals surface area contributed by atoms with Crippen molar-refractivity contribution >= 4 is 38.5 Å². The van der Waals surface area contributed by atoms with Gasteiger partial charge in [0.05, 0.1) is 11.9 Å². The summed E-state index contributed by atoms with van der Waals surface area (Å²) in [7, 11) is 0. The van der Waals surface area contributed by atoms with E-state index in [2.05, 4.69) is 31.6 Å². The molecule has 0 saturated carbocycles. The van der Waals surface area contributed by atoms with E-state index in [1.165, 1.54) is 12.3 Å². The van der Waals surface area contributed by atoms with Crippen LogP contribution in [0, 0.1) is 0 Å². The molecule has 0 aliphatic carbocycles. The van der Waals surface area contributed by atoms with Gasteiger partial charge in [0.1, 0.15) is 5.69 Å². The number of nitrogens with one attached hydrogen (secondary N) is 1. The first-order valence-electron chi connectivity index (χ1n) is 6.05. The Bertz CT molecular complexity index is 585. The molecule has 2 radical (unpaired) electrons. The van der Waals surface area contributed by atoms with Gasteiger partial charge in [-0.05, 0) is 18.6 Å². The second-order valence-electron chi connectivity index (χ2n) is 4.05. The number of hydroxylamine groups is 2. The molecule has 0 bridgehead atoms. The summed E-state index contributed by atoms with van der Waals surface area (Å²) in [5.74, 6) is -0.526. The van der Waals surface area contributed by atoms with Gasteiger partial charge in [-0.1, -0.05) is 6.92 Å². The van der Waals surface area contributed by atoms with E-state index in [1.54, 1.807) is 12.3 Å².